The number of guanidine groups is 2. The predicted octanol–water partition coefficient (Wildman–Crippen LogP) is -9.40. The van der Waals surface area contributed by atoms with Gasteiger partial charge in [-0.05, 0) is 38.9 Å². The maximum Gasteiger partial charge on any atom is 0.255 e. The molecule has 1 aromatic rings. The van der Waals surface area contributed by atoms with Crippen LogP contribution < -0.4 is 43.8 Å². The zero-order valence-electron chi connectivity index (χ0n) is 44.6. The number of aliphatic hydroxyl groups is 12. The van der Waals surface area contributed by atoms with E-state index >= 15 is 0 Å². The fourth-order valence-electron chi connectivity index (χ4n) is 11.9. The van der Waals surface area contributed by atoms with E-state index in [9.17, 15) is 90.4 Å². The second kappa shape index (κ2) is 24.5. The quantitative estimate of drug-likeness (QED) is 0.0249. The van der Waals surface area contributed by atoms with Crippen molar-refractivity contribution in [2.75, 3.05) is 46.4 Å². The molecule has 1 saturated carbocycles. The lowest BCUT2D eigenvalue weighted by Crippen LogP contribution is -2.73. The third kappa shape index (κ3) is 11.4. The molecule has 0 aromatic heterocycles. The molecule has 2 saturated heterocycles. The van der Waals surface area contributed by atoms with Crippen molar-refractivity contribution in [3.05, 3.63) is 52.0 Å². The number of carbonyl (C=O) groups is 5. The Labute approximate surface area is 466 Å². The second-order valence-corrected chi connectivity index (χ2v) is 21.5. The van der Waals surface area contributed by atoms with Gasteiger partial charge >= 0.3 is 0 Å². The number of primary amides is 1. The molecule has 2 heterocycles. The summed E-state index contributed by atoms with van der Waals surface area (Å²) in [7, 11) is 1.42. The van der Waals surface area contributed by atoms with Crippen molar-refractivity contribution < 1.29 is 109 Å². The number of amides is 3. The van der Waals surface area contributed by atoms with Gasteiger partial charge in [-0.3, -0.25) is 39.7 Å². The zero-order chi connectivity index (χ0) is 60.8. The number of likely N-dealkylation sites (N-methyl/N-ethyl adjacent to an activating group) is 1. The summed E-state index contributed by atoms with van der Waals surface area (Å²) in [4.78, 5) is 67.4. The molecule has 0 bridgehead atoms. The van der Waals surface area contributed by atoms with Crippen molar-refractivity contribution in [3.8, 4) is 5.75 Å². The molecule has 4 aliphatic carbocycles. The maximum atomic E-state index is 13.8. The average Bonchev–Trinajstić information content (AvgIpc) is 1.09. The first-order chi connectivity index (χ1) is 38.4. The highest BCUT2D eigenvalue weighted by molar-refractivity contribution is 6.25. The van der Waals surface area contributed by atoms with Crippen LogP contribution >= 0.6 is 0 Å². The molecule has 0 spiro atoms. The number of Topliss-reactive ketones (excluding diaryl/α,β-unsaturated/α-hetero) is 2. The molecule has 0 radical (unpaired) electrons. The van der Waals surface area contributed by atoms with Crippen LogP contribution in [0.15, 0.2) is 40.9 Å². The lowest BCUT2D eigenvalue weighted by Gasteiger charge is -2.52. The molecular formula is C49H73N11O22. The highest BCUT2D eigenvalue weighted by Crippen LogP contribution is 2.56. The molecule has 82 heavy (non-hydrogen) atoms. The molecular weight excluding hydrogens is 1090 g/mol. The van der Waals surface area contributed by atoms with Crippen molar-refractivity contribution in [2.45, 2.75) is 142 Å². The Morgan fingerprint density at radius 1 is 0.817 bits per heavy atom. The van der Waals surface area contributed by atoms with Gasteiger partial charge in [0.1, 0.15) is 71.2 Å². The van der Waals surface area contributed by atoms with Gasteiger partial charge in [0.2, 0.25) is 17.6 Å². The summed E-state index contributed by atoms with van der Waals surface area (Å²) in [6.45, 7) is -0.0777. The van der Waals surface area contributed by atoms with Gasteiger partial charge in [-0.25, -0.2) is 0 Å². The number of benzene rings is 1. The van der Waals surface area contributed by atoms with Crippen molar-refractivity contribution in [1.82, 2.24) is 31.5 Å². The normalized spacial score (nSPS) is 38.1. The van der Waals surface area contributed by atoms with E-state index in [0.29, 0.717) is 0 Å². The van der Waals surface area contributed by atoms with Gasteiger partial charge < -0.3 is 129 Å². The predicted molar refractivity (Wildman–Crippen MR) is 275 cm³/mol. The smallest absolute Gasteiger partial charge is 0.255 e. The number of nitrogens with zero attached hydrogens (tertiary/aromatic N) is 1. The maximum absolute atomic E-state index is 13.8. The van der Waals surface area contributed by atoms with Crippen LogP contribution in [0.4, 0.5) is 0 Å². The number of ketones is 2. The molecule has 33 nitrogen and oxygen atoms in total. The zero-order valence-corrected chi connectivity index (χ0v) is 44.6. The lowest BCUT2D eigenvalue weighted by atomic mass is 9.55. The van der Waals surface area contributed by atoms with Crippen LogP contribution in [0.5, 0.6) is 5.75 Å². The van der Waals surface area contributed by atoms with Crippen molar-refractivity contribution in [1.29, 1.82) is 10.8 Å². The second-order valence-electron chi connectivity index (χ2n) is 21.5. The van der Waals surface area contributed by atoms with Crippen LogP contribution in [0.2, 0.25) is 0 Å². The largest absolute Gasteiger partial charge is 0.510 e. The average molecular weight is 1170 g/mol. The Balaban J connectivity index is 0.960. The Hall–Kier alpha value is -6.25. The summed E-state index contributed by atoms with van der Waals surface area (Å²) in [6.07, 6.45) is -20.3. The van der Waals surface area contributed by atoms with Crippen molar-refractivity contribution in [2.24, 2.45) is 29.0 Å². The van der Waals surface area contributed by atoms with Crippen LogP contribution in [-0.2, 0) is 43.7 Å². The van der Waals surface area contributed by atoms with Crippen LogP contribution in [0, 0.1) is 22.7 Å². The molecule has 7 rings (SSSR count). The fourth-order valence-corrected chi connectivity index (χ4v) is 11.9. The number of carbonyl (C=O) groups excluding carboxylic acids is 5. The van der Waals surface area contributed by atoms with E-state index in [0.717, 1.165) is 0 Å². The van der Waals surface area contributed by atoms with E-state index in [1.807, 2.05) is 0 Å². The van der Waals surface area contributed by atoms with Gasteiger partial charge in [0.05, 0.1) is 60.8 Å². The first-order valence-corrected chi connectivity index (χ1v) is 26.1. The van der Waals surface area contributed by atoms with Gasteiger partial charge in [-0.2, -0.15) is 0 Å². The Morgan fingerprint density at radius 2 is 1.44 bits per heavy atom. The standard InChI is InChI=1S/C49H73N11O22/c1-16-48(77,15-62)41(44(79-16)81-38-29(59-46(53)54)34(69)28(58-45(51)52)35(70)37(38)72)82-43-30(36(71)31(66)21(14-61)80-43)60(3)12-11-56-23(65)8-7-22(64)55-9-10-57-27-19-13-18-25(32(67)24-17(47(18,2)76)5-4-6-20(24)63)39(73)49(19,78)40(74)26(33(27)68)42(50)75/h4-6,16,18-19,21,27-31,34-38,41,43-44,57,61-63,66,68-73,76-78H,7-15H2,1-3H3,(H2,50,75)(H,55,64)(H,56,65)(H4,51,52,58)(H4,53,54,59)/t16-,18-,19-,21?,27?,28?,29-,30?,31-,34?,35-,36+,37?,38-,41?,43-,44-,47+,48-,49-/m0/s1. The number of hydrogen-bond donors (Lipinski definition) is 23. The van der Waals surface area contributed by atoms with E-state index < -0.39 is 210 Å². The summed E-state index contributed by atoms with van der Waals surface area (Å²) in [5, 5.41) is 174. The molecule has 26 N–H and O–H groups in total. The van der Waals surface area contributed by atoms with Crippen LogP contribution in [0.25, 0.3) is 0 Å². The number of aliphatic hydroxyl groups excluding tert-OH is 9. The summed E-state index contributed by atoms with van der Waals surface area (Å²) >= 11 is 0. The third-order valence-corrected chi connectivity index (χ3v) is 16.4. The molecule has 3 amide bonds. The minimum absolute atomic E-state index is 0.00921. The molecule has 1 aromatic carbocycles. The van der Waals surface area contributed by atoms with Crippen molar-refractivity contribution in [3.63, 3.8) is 0 Å². The summed E-state index contributed by atoms with van der Waals surface area (Å²) in [5.41, 5.74) is 6.97. The molecule has 20 atom stereocenters. The van der Waals surface area contributed by atoms with E-state index in [1.54, 1.807) is 0 Å². The van der Waals surface area contributed by atoms with E-state index in [4.69, 9.17) is 47.0 Å². The highest BCUT2D eigenvalue weighted by Gasteiger charge is 2.66. The minimum atomic E-state index is -3.04. The number of fused-ring (bicyclic) bond motifs is 3. The van der Waals surface area contributed by atoms with E-state index in [1.165, 1.54) is 44.0 Å². The summed E-state index contributed by atoms with van der Waals surface area (Å²) in [6, 6.07) is -2.07. The Kier molecular flexibility index (Phi) is 18.9. The number of phenols is 1. The molecule has 2 aliphatic heterocycles. The third-order valence-electron chi connectivity index (χ3n) is 16.4. The minimum Gasteiger partial charge on any atom is -0.510 e. The Morgan fingerprint density at radius 3 is 2.04 bits per heavy atom. The monoisotopic (exact) mass is 1170 g/mol. The van der Waals surface area contributed by atoms with Crippen molar-refractivity contribution >= 4 is 41.2 Å². The SMILES string of the molecule is C[C@@H]1O[C@@H](O[C@@H]2C(O)[C@@H](O)C(NC(=N)N)C(O)[C@@H]2NC(=N)N)C(O[C@@H]2OC(CO)[C@H](O)[C@H](O)C2N(C)CCNC(=O)CCC(=O)NCCNC2C(O)=C(C(N)=O)C(=O)[C@@]3(O)C(O)=C4C(=O)c5c(O)cccc5[C@@](C)(O)[C@H]4C[C@@H]23)[C@]1(O)CO. The first kappa shape index (κ1) is 63.3. The van der Waals surface area contributed by atoms with E-state index in [2.05, 4.69) is 26.6 Å². The number of phenolic OH excluding ortho intramolecular Hbond substituents is 1. The summed E-state index contributed by atoms with van der Waals surface area (Å²) in [5.74, 6) is -12.3. The molecule has 3 fully saturated rings. The molecule has 33 heteroatoms. The topological polar surface area (TPSA) is 574 Å². The number of nitrogens with two attached hydrogens (primary N) is 3. The number of nitrogens with one attached hydrogen (secondary N) is 7. The van der Waals surface area contributed by atoms with Crippen LogP contribution in [-0.4, -0.2) is 262 Å². The molecule has 6 aliphatic rings. The molecule has 456 valence electrons. The molecule has 7 unspecified atom stereocenters. The van der Waals surface area contributed by atoms with Gasteiger partial charge in [0, 0.05) is 56.4 Å². The fraction of sp³-hybridized carbons (Fsp3) is 0.653. The lowest BCUT2D eigenvalue weighted by molar-refractivity contribution is -0.327. The van der Waals surface area contributed by atoms with Crippen LogP contribution in [0.1, 0.15) is 49.0 Å². The number of ether oxygens (including phenoxy) is 4. The van der Waals surface area contributed by atoms with Gasteiger partial charge in [-0.15, -0.1) is 0 Å². The van der Waals surface area contributed by atoms with Crippen LogP contribution in [0.3, 0.4) is 0 Å². The highest BCUT2D eigenvalue weighted by atomic mass is 16.8. The van der Waals surface area contributed by atoms with E-state index in [-0.39, 0.29) is 50.1 Å². The summed E-state index contributed by atoms with van der Waals surface area (Å²) < 4.78 is 24.0. The number of rotatable bonds is 20. The van der Waals surface area contributed by atoms with Gasteiger partial charge in [0.25, 0.3) is 5.91 Å². The first-order valence-electron chi connectivity index (χ1n) is 26.1. The van der Waals surface area contributed by atoms with Gasteiger partial charge in [0.15, 0.2) is 35.9 Å². The Bertz CT molecular complexity index is 2720. The van der Waals surface area contributed by atoms with Gasteiger partial charge in [-0.1, -0.05) is 12.1 Å². The number of aromatic hydroxyl groups is 1. The number of hydrogen-bond acceptors (Lipinski definition) is 26.